The van der Waals surface area contributed by atoms with Crippen molar-refractivity contribution in [3.05, 3.63) is 47.2 Å². The van der Waals surface area contributed by atoms with Gasteiger partial charge in [0.15, 0.2) is 12.4 Å². The van der Waals surface area contributed by atoms with Crippen molar-refractivity contribution in [1.82, 2.24) is 15.1 Å². The molecule has 2 aliphatic rings. The molecule has 4 rings (SSSR count). The zero-order chi connectivity index (χ0) is 18.8. The number of ether oxygens (including phenoxy) is 1. The fourth-order valence-electron chi connectivity index (χ4n) is 3.33. The van der Waals surface area contributed by atoms with Gasteiger partial charge >= 0.3 is 0 Å². The first kappa shape index (κ1) is 17.8. The number of hydrogen-bond donors (Lipinski definition) is 0. The molecule has 0 N–H and O–H groups in total. The number of anilines is 1. The van der Waals surface area contributed by atoms with Crippen LogP contribution in [0.3, 0.4) is 0 Å². The van der Waals surface area contributed by atoms with Gasteiger partial charge in [-0.15, -0.1) is 5.10 Å². The van der Waals surface area contributed by atoms with Gasteiger partial charge in [-0.1, -0.05) is 6.07 Å². The highest BCUT2D eigenvalue weighted by molar-refractivity contribution is 5.78. The highest BCUT2D eigenvalue weighted by Crippen LogP contribution is 2.38. The first-order chi connectivity index (χ1) is 13.1. The zero-order valence-corrected chi connectivity index (χ0v) is 16.0. The minimum Gasteiger partial charge on any atom is -0.484 e. The van der Waals surface area contributed by atoms with Crippen molar-refractivity contribution in [3.8, 4) is 5.75 Å². The number of rotatable bonds is 5. The van der Waals surface area contributed by atoms with Crippen LogP contribution < -0.4 is 9.64 Å². The molecule has 27 heavy (non-hydrogen) atoms. The predicted octanol–water partition coefficient (Wildman–Crippen LogP) is 2.70. The number of hydrogen-bond acceptors (Lipinski definition) is 5. The van der Waals surface area contributed by atoms with E-state index in [1.807, 2.05) is 30.0 Å². The molecule has 0 bridgehead atoms. The normalized spacial score (nSPS) is 17.1. The average molecular weight is 366 g/mol. The van der Waals surface area contributed by atoms with Crippen LogP contribution in [0.4, 0.5) is 5.82 Å². The second-order valence-corrected chi connectivity index (χ2v) is 7.49. The van der Waals surface area contributed by atoms with Gasteiger partial charge in [0.05, 0.1) is 5.69 Å². The Morgan fingerprint density at radius 2 is 1.81 bits per heavy atom. The SMILES string of the molecule is Cc1ccc(OCC(=O)N2CCN(c3ccc(C4CC4)nn3)CC2)cc1C. The summed E-state index contributed by atoms with van der Waals surface area (Å²) >= 11 is 0. The van der Waals surface area contributed by atoms with Crippen molar-refractivity contribution in [2.45, 2.75) is 32.6 Å². The first-order valence-corrected chi connectivity index (χ1v) is 9.66. The Labute approximate surface area is 160 Å². The minimum atomic E-state index is 0.0306. The van der Waals surface area contributed by atoms with Crippen molar-refractivity contribution < 1.29 is 9.53 Å². The standard InChI is InChI=1S/C21H26N4O2/c1-15-3-6-18(13-16(15)2)27-14-21(26)25-11-9-24(10-12-25)20-8-7-19(22-23-20)17-4-5-17/h3,6-8,13,17H,4-5,9-12,14H2,1-2H3. The Morgan fingerprint density at radius 3 is 2.44 bits per heavy atom. The van der Waals surface area contributed by atoms with E-state index in [1.54, 1.807) is 0 Å². The fourth-order valence-corrected chi connectivity index (χ4v) is 3.33. The number of carbonyl (C=O) groups excluding carboxylic acids is 1. The van der Waals surface area contributed by atoms with Crippen LogP contribution in [-0.4, -0.2) is 53.8 Å². The molecule has 2 fully saturated rings. The van der Waals surface area contributed by atoms with E-state index in [1.165, 1.54) is 24.0 Å². The molecule has 0 atom stereocenters. The van der Waals surface area contributed by atoms with Crippen molar-refractivity contribution in [2.75, 3.05) is 37.7 Å². The summed E-state index contributed by atoms with van der Waals surface area (Å²) in [6.07, 6.45) is 2.47. The maximum Gasteiger partial charge on any atom is 0.260 e. The van der Waals surface area contributed by atoms with E-state index in [4.69, 9.17) is 4.74 Å². The van der Waals surface area contributed by atoms with Gasteiger partial charge in [-0.05, 0) is 62.1 Å². The molecule has 6 heteroatoms. The lowest BCUT2D eigenvalue weighted by Crippen LogP contribution is -2.50. The third kappa shape index (κ3) is 4.21. The Morgan fingerprint density at radius 1 is 1.04 bits per heavy atom. The molecule has 1 aliphatic heterocycles. The summed E-state index contributed by atoms with van der Waals surface area (Å²) in [6, 6.07) is 10.1. The predicted molar refractivity (Wildman–Crippen MR) is 104 cm³/mol. The fraction of sp³-hybridized carbons (Fsp3) is 0.476. The van der Waals surface area contributed by atoms with E-state index in [2.05, 4.69) is 34.2 Å². The second-order valence-electron chi connectivity index (χ2n) is 7.49. The summed E-state index contributed by atoms with van der Waals surface area (Å²) < 4.78 is 5.68. The molecule has 0 radical (unpaired) electrons. The van der Waals surface area contributed by atoms with E-state index < -0.39 is 0 Å². The zero-order valence-electron chi connectivity index (χ0n) is 16.0. The van der Waals surface area contributed by atoms with Gasteiger partial charge in [-0.3, -0.25) is 4.79 Å². The van der Waals surface area contributed by atoms with Crippen LogP contribution in [0.2, 0.25) is 0 Å². The molecule has 0 unspecified atom stereocenters. The smallest absolute Gasteiger partial charge is 0.260 e. The molecule has 2 heterocycles. The molecule has 2 aromatic rings. The monoisotopic (exact) mass is 366 g/mol. The maximum absolute atomic E-state index is 12.4. The molecule has 0 spiro atoms. The van der Waals surface area contributed by atoms with Gasteiger partial charge in [-0.25, -0.2) is 0 Å². The lowest BCUT2D eigenvalue weighted by atomic mass is 10.1. The highest BCUT2D eigenvalue weighted by atomic mass is 16.5. The third-order valence-electron chi connectivity index (χ3n) is 5.46. The quantitative estimate of drug-likeness (QED) is 0.814. The van der Waals surface area contributed by atoms with Crippen LogP contribution >= 0.6 is 0 Å². The minimum absolute atomic E-state index is 0.0306. The summed E-state index contributed by atoms with van der Waals surface area (Å²) in [5.74, 6) is 2.30. The van der Waals surface area contributed by atoms with Crippen LogP contribution in [0, 0.1) is 13.8 Å². The largest absolute Gasteiger partial charge is 0.484 e. The summed E-state index contributed by atoms with van der Waals surface area (Å²) in [5.41, 5.74) is 3.50. The number of benzene rings is 1. The van der Waals surface area contributed by atoms with Crippen LogP contribution in [-0.2, 0) is 4.79 Å². The Bertz CT molecular complexity index is 809. The summed E-state index contributed by atoms with van der Waals surface area (Å²) in [5, 5.41) is 8.73. The number of carbonyl (C=O) groups is 1. The van der Waals surface area contributed by atoms with Crippen molar-refractivity contribution in [1.29, 1.82) is 0 Å². The van der Waals surface area contributed by atoms with Gasteiger partial charge in [0.25, 0.3) is 5.91 Å². The van der Waals surface area contributed by atoms with E-state index in [-0.39, 0.29) is 12.5 Å². The lowest BCUT2D eigenvalue weighted by molar-refractivity contribution is -0.133. The topological polar surface area (TPSA) is 58.6 Å². The van der Waals surface area contributed by atoms with Crippen molar-refractivity contribution in [2.24, 2.45) is 0 Å². The summed E-state index contributed by atoms with van der Waals surface area (Å²) in [4.78, 5) is 16.5. The van der Waals surface area contributed by atoms with E-state index in [9.17, 15) is 4.79 Å². The Balaban J connectivity index is 1.26. The Hall–Kier alpha value is -2.63. The summed E-state index contributed by atoms with van der Waals surface area (Å²) in [7, 11) is 0. The van der Waals surface area contributed by atoms with Gasteiger partial charge in [0.1, 0.15) is 5.75 Å². The van der Waals surface area contributed by atoms with Gasteiger partial charge in [0, 0.05) is 32.1 Å². The maximum atomic E-state index is 12.4. The number of piperazine rings is 1. The van der Waals surface area contributed by atoms with Crippen LogP contribution in [0.15, 0.2) is 30.3 Å². The Kier molecular flexibility index (Phi) is 4.97. The first-order valence-electron chi connectivity index (χ1n) is 9.66. The molecule has 142 valence electrons. The molecule has 1 amide bonds. The molecular formula is C21H26N4O2. The number of amides is 1. The van der Waals surface area contributed by atoms with Gasteiger partial charge < -0.3 is 14.5 Å². The van der Waals surface area contributed by atoms with E-state index in [0.29, 0.717) is 19.0 Å². The molecule has 1 saturated carbocycles. The van der Waals surface area contributed by atoms with Crippen LogP contribution in [0.1, 0.15) is 35.6 Å². The highest BCUT2D eigenvalue weighted by Gasteiger charge is 2.26. The molecule has 1 aliphatic carbocycles. The molecule has 1 saturated heterocycles. The van der Waals surface area contributed by atoms with Crippen molar-refractivity contribution in [3.63, 3.8) is 0 Å². The van der Waals surface area contributed by atoms with E-state index >= 15 is 0 Å². The molecule has 6 nitrogen and oxygen atoms in total. The molecule has 1 aromatic heterocycles. The van der Waals surface area contributed by atoms with Gasteiger partial charge in [-0.2, -0.15) is 5.10 Å². The number of nitrogens with zero attached hydrogens (tertiary/aromatic N) is 4. The number of aromatic nitrogens is 2. The average Bonchev–Trinajstić information content (AvgIpc) is 3.54. The van der Waals surface area contributed by atoms with Crippen LogP contribution in [0.25, 0.3) is 0 Å². The molecule has 1 aromatic carbocycles. The third-order valence-corrected chi connectivity index (χ3v) is 5.46. The van der Waals surface area contributed by atoms with Gasteiger partial charge in [0.2, 0.25) is 0 Å². The second kappa shape index (κ2) is 7.55. The summed E-state index contributed by atoms with van der Waals surface area (Å²) in [6.45, 7) is 7.09. The molecular weight excluding hydrogens is 340 g/mol. The number of aryl methyl sites for hydroxylation is 2. The lowest BCUT2D eigenvalue weighted by Gasteiger charge is -2.35. The van der Waals surface area contributed by atoms with Crippen molar-refractivity contribution >= 4 is 11.7 Å². The van der Waals surface area contributed by atoms with Crippen LogP contribution in [0.5, 0.6) is 5.75 Å². The van der Waals surface area contributed by atoms with E-state index in [0.717, 1.165) is 30.4 Å².